The molecule has 1 amide bonds. The van der Waals surface area contributed by atoms with Crippen molar-refractivity contribution in [2.24, 2.45) is 11.8 Å². The van der Waals surface area contributed by atoms with Crippen LogP contribution in [-0.4, -0.2) is 67.2 Å². The van der Waals surface area contributed by atoms with Crippen molar-refractivity contribution in [3.63, 3.8) is 0 Å². The minimum atomic E-state index is 0.0512. The maximum absolute atomic E-state index is 13.3. The molecule has 1 aliphatic carbocycles. The lowest BCUT2D eigenvalue weighted by molar-refractivity contribution is -0.136. The van der Waals surface area contributed by atoms with Gasteiger partial charge in [0, 0.05) is 62.8 Å². The van der Waals surface area contributed by atoms with Gasteiger partial charge in [0.05, 0.1) is 7.11 Å². The second kappa shape index (κ2) is 9.57. The number of aryl methyl sites for hydroxylation is 1. The number of benzene rings is 1. The Kier molecular flexibility index (Phi) is 6.38. The molecular weight excluding hydrogens is 414 g/mol. The Bertz CT molecular complexity index is 963. The highest BCUT2D eigenvalue weighted by molar-refractivity contribution is 5.80. The van der Waals surface area contributed by atoms with Gasteiger partial charge in [-0.15, -0.1) is 0 Å². The molecule has 1 aromatic carbocycles. The van der Waals surface area contributed by atoms with Crippen LogP contribution in [0.4, 0.5) is 11.6 Å². The molecular formula is C26H35N5O2. The van der Waals surface area contributed by atoms with Crippen LogP contribution in [0.1, 0.15) is 37.4 Å². The number of ether oxygens (including phenoxy) is 1. The van der Waals surface area contributed by atoms with Crippen molar-refractivity contribution in [2.75, 3.05) is 56.2 Å². The molecule has 2 saturated heterocycles. The van der Waals surface area contributed by atoms with Crippen LogP contribution in [0.2, 0.25) is 0 Å². The van der Waals surface area contributed by atoms with Crippen molar-refractivity contribution in [2.45, 2.75) is 39.0 Å². The first-order chi connectivity index (χ1) is 16.1. The maximum atomic E-state index is 13.3. The largest absolute Gasteiger partial charge is 0.497 e. The number of piperazine rings is 1. The van der Waals surface area contributed by atoms with Gasteiger partial charge in [0.2, 0.25) is 11.9 Å². The lowest BCUT2D eigenvalue weighted by Crippen LogP contribution is -2.51. The number of hydrogen-bond donors (Lipinski definition) is 0. The molecule has 1 atom stereocenters. The van der Waals surface area contributed by atoms with Crippen molar-refractivity contribution >= 4 is 17.5 Å². The van der Waals surface area contributed by atoms with Gasteiger partial charge in [-0.3, -0.25) is 4.79 Å². The summed E-state index contributed by atoms with van der Waals surface area (Å²) in [6.07, 6.45) is 6.93. The summed E-state index contributed by atoms with van der Waals surface area (Å²) in [6.45, 7) is 7.69. The van der Waals surface area contributed by atoms with Crippen LogP contribution >= 0.6 is 0 Å². The number of piperidine rings is 1. The van der Waals surface area contributed by atoms with Crippen LogP contribution in [0.25, 0.3) is 0 Å². The summed E-state index contributed by atoms with van der Waals surface area (Å²) in [4.78, 5) is 29.6. The van der Waals surface area contributed by atoms with Crippen LogP contribution < -0.4 is 14.5 Å². The smallest absolute Gasteiger partial charge is 0.226 e. The van der Waals surface area contributed by atoms with E-state index in [1.165, 1.54) is 18.5 Å². The molecule has 33 heavy (non-hydrogen) atoms. The molecule has 2 fully saturated rings. The monoisotopic (exact) mass is 449 g/mol. The Morgan fingerprint density at radius 2 is 1.70 bits per heavy atom. The van der Waals surface area contributed by atoms with E-state index in [1.54, 1.807) is 7.11 Å². The zero-order chi connectivity index (χ0) is 22.8. The molecule has 1 aromatic heterocycles. The van der Waals surface area contributed by atoms with Crippen LogP contribution in [0.15, 0.2) is 30.5 Å². The molecule has 3 aliphatic rings. The molecule has 2 aromatic rings. The second-order valence-electron chi connectivity index (χ2n) is 9.76. The number of fused-ring (bicyclic) bond motifs is 1. The number of methoxy groups -OCH3 is 1. The number of nitrogens with zero attached hydrogens (tertiary/aromatic N) is 5. The Hall–Kier alpha value is -2.83. The van der Waals surface area contributed by atoms with Crippen molar-refractivity contribution in [3.8, 4) is 5.75 Å². The van der Waals surface area contributed by atoms with Gasteiger partial charge in [0.25, 0.3) is 0 Å². The summed E-state index contributed by atoms with van der Waals surface area (Å²) < 4.78 is 5.26. The van der Waals surface area contributed by atoms with E-state index >= 15 is 0 Å². The average Bonchev–Trinajstić information content (AvgIpc) is 2.88. The Morgan fingerprint density at radius 3 is 2.39 bits per heavy atom. The van der Waals surface area contributed by atoms with E-state index in [2.05, 4.69) is 38.7 Å². The molecule has 2 aliphatic heterocycles. The second-order valence-corrected chi connectivity index (χ2v) is 9.76. The van der Waals surface area contributed by atoms with E-state index in [0.29, 0.717) is 5.91 Å². The molecule has 7 heteroatoms. The van der Waals surface area contributed by atoms with Gasteiger partial charge in [0.1, 0.15) is 5.75 Å². The minimum absolute atomic E-state index is 0.0512. The van der Waals surface area contributed by atoms with Crippen molar-refractivity contribution in [1.82, 2.24) is 14.9 Å². The van der Waals surface area contributed by atoms with Gasteiger partial charge in [0.15, 0.2) is 0 Å². The molecule has 1 unspecified atom stereocenters. The molecule has 3 heterocycles. The average molecular weight is 450 g/mol. The molecule has 5 rings (SSSR count). The van der Waals surface area contributed by atoms with E-state index in [0.717, 1.165) is 87.4 Å². The Balaban J connectivity index is 1.16. The summed E-state index contributed by atoms with van der Waals surface area (Å²) in [6, 6.07) is 8.16. The zero-order valence-electron chi connectivity index (χ0n) is 19.9. The number of amides is 1. The third-order valence-electron chi connectivity index (χ3n) is 7.58. The lowest BCUT2D eigenvalue weighted by Gasteiger charge is -2.38. The minimum Gasteiger partial charge on any atom is -0.497 e. The van der Waals surface area contributed by atoms with E-state index in [1.807, 2.05) is 18.3 Å². The normalized spacial score (nSPS) is 21.6. The molecule has 0 spiro atoms. The molecule has 176 valence electrons. The third-order valence-corrected chi connectivity index (χ3v) is 7.58. The quantitative estimate of drug-likeness (QED) is 0.715. The van der Waals surface area contributed by atoms with Crippen LogP contribution in [0, 0.1) is 11.8 Å². The summed E-state index contributed by atoms with van der Waals surface area (Å²) in [5, 5.41) is 0. The first kappa shape index (κ1) is 22.0. The van der Waals surface area contributed by atoms with Crippen LogP contribution in [0.3, 0.4) is 0 Å². The highest BCUT2D eigenvalue weighted by Crippen LogP contribution is 2.29. The van der Waals surface area contributed by atoms with Crippen molar-refractivity contribution < 1.29 is 9.53 Å². The highest BCUT2D eigenvalue weighted by atomic mass is 16.5. The fourth-order valence-electron chi connectivity index (χ4n) is 5.30. The number of carbonyl (C=O) groups is 1. The van der Waals surface area contributed by atoms with E-state index in [4.69, 9.17) is 9.72 Å². The van der Waals surface area contributed by atoms with Gasteiger partial charge in [-0.2, -0.15) is 0 Å². The fourth-order valence-corrected chi connectivity index (χ4v) is 5.30. The van der Waals surface area contributed by atoms with Gasteiger partial charge < -0.3 is 19.4 Å². The summed E-state index contributed by atoms with van der Waals surface area (Å²) >= 11 is 0. The van der Waals surface area contributed by atoms with Gasteiger partial charge in [-0.05, 0) is 67.9 Å². The zero-order valence-corrected chi connectivity index (χ0v) is 19.9. The maximum Gasteiger partial charge on any atom is 0.226 e. The predicted octanol–water partition coefficient (Wildman–Crippen LogP) is 3.18. The molecule has 0 radical (unpaired) electrons. The predicted molar refractivity (Wildman–Crippen MR) is 130 cm³/mol. The SMILES string of the molecule is COc1ccc(N2CCN(C(=O)C3CCc4nc(N5CCC(C)CC5)ncc4C3)CC2)cc1. The third kappa shape index (κ3) is 4.77. The van der Waals surface area contributed by atoms with E-state index in [9.17, 15) is 4.79 Å². The van der Waals surface area contributed by atoms with Crippen molar-refractivity contribution in [3.05, 3.63) is 41.7 Å². The number of anilines is 2. The number of hydrogen-bond acceptors (Lipinski definition) is 6. The Morgan fingerprint density at radius 1 is 0.970 bits per heavy atom. The molecule has 0 N–H and O–H groups in total. The first-order valence-corrected chi connectivity index (χ1v) is 12.4. The van der Waals surface area contributed by atoms with E-state index < -0.39 is 0 Å². The number of carbonyl (C=O) groups excluding carboxylic acids is 1. The summed E-state index contributed by atoms with van der Waals surface area (Å²) in [5.41, 5.74) is 3.49. The Labute approximate surface area is 196 Å². The number of rotatable bonds is 4. The van der Waals surface area contributed by atoms with Crippen molar-refractivity contribution in [1.29, 1.82) is 0 Å². The lowest BCUT2D eigenvalue weighted by atomic mass is 9.86. The van der Waals surface area contributed by atoms with Gasteiger partial charge in [-0.25, -0.2) is 9.97 Å². The fraction of sp³-hybridized carbons (Fsp3) is 0.577. The highest BCUT2D eigenvalue weighted by Gasteiger charge is 2.31. The van der Waals surface area contributed by atoms with Crippen LogP contribution in [-0.2, 0) is 17.6 Å². The molecule has 0 saturated carbocycles. The standard InChI is InChI=1S/C26H35N5O2/c1-19-9-11-31(12-10-19)26-27-18-21-17-20(3-8-24(21)28-26)25(32)30-15-13-29(14-16-30)22-4-6-23(33-2)7-5-22/h4-7,18-20H,3,8-17H2,1-2H3. The summed E-state index contributed by atoms with van der Waals surface area (Å²) in [5.74, 6) is 2.88. The summed E-state index contributed by atoms with van der Waals surface area (Å²) in [7, 11) is 1.68. The van der Waals surface area contributed by atoms with Crippen LogP contribution in [0.5, 0.6) is 5.75 Å². The number of aromatic nitrogens is 2. The first-order valence-electron chi connectivity index (χ1n) is 12.4. The topological polar surface area (TPSA) is 61.8 Å². The molecule has 0 bridgehead atoms. The van der Waals surface area contributed by atoms with Gasteiger partial charge >= 0.3 is 0 Å². The van der Waals surface area contributed by atoms with Gasteiger partial charge in [-0.1, -0.05) is 6.92 Å². The molecule has 7 nitrogen and oxygen atoms in total. The van der Waals surface area contributed by atoms with E-state index in [-0.39, 0.29) is 5.92 Å².